The molecule has 1 aromatic carbocycles. The first-order valence-corrected chi connectivity index (χ1v) is 6.26. The number of hydrogen-bond donors (Lipinski definition) is 1. The van der Waals surface area contributed by atoms with E-state index in [-0.39, 0.29) is 6.10 Å². The van der Waals surface area contributed by atoms with Gasteiger partial charge >= 0.3 is 0 Å². The molecule has 1 aliphatic heterocycles. The molecule has 86 valence electrons. The molecule has 0 unspecified atom stereocenters. The van der Waals surface area contributed by atoms with Crippen molar-refractivity contribution in [2.45, 2.75) is 31.8 Å². The van der Waals surface area contributed by atoms with Crippen molar-refractivity contribution in [2.75, 3.05) is 6.61 Å². The second-order valence-electron chi connectivity index (χ2n) is 5.00. The summed E-state index contributed by atoms with van der Waals surface area (Å²) in [6.07, 6.45) is 4.55. The number of benzene rings is 1. The fourth-order valence-corrected chi connectivity index (χ4v) is 3.14. The average molecular weight is 218 g/mol. The molecule has 1 aliphatic carbocycles. The summed E-state index contributed by atoms with van der Waals surface area (Å²) in [7, 11) is 0. The van der Waals surface area contributed by atoms with E-state index in [1.54, 1.807) is 0 Å². The zero-order chi connectivity index (χ0) is 11.0. The van der Waals surface area contributed by atoms with Crippen LogP contribution in [0.25, 0.3) is 0 Å². The lowest BCUT2D eigenvalue weighted by molar-refractivity contribution is 0.0422. The SMILES string of the molecule is O[C@@H]1c2ccccc2OC[C@@H]2CCCC[C@@H]21. The van der Waals surface area contributed by atoms with Crippen molar-refractivity contribution in [3.63, 3.8) is 0 Å². The minimum Gasteiger partial charge on any atom is -0.493 e. The number of para-hydroxylation sites is 1. The van der Waals surface area contributed by atoms with E-state index in [1.807, 2.05) is 24.3 Å². The molecule has 16 heavy (non-hydrogen) atoms. The number of aliphatic hydroxyl groups is 1. The number of aliphatic hydroxyl groups excluding tert-OH is 1. The lowest BCUT2D eigenvalue weighted by atomic mass is 9.75. The molecule has 1 saturated carbocycles. The number of rotatable bonds is 0. The topological polar surface area (TPSA) is 29.5 Å². The standard InChI is InChI=1S/C14H18O2/c15-14-11-6-2-1-5-10(11)9-16-13-8-4-3-7-12(13)14/h3-4,7-8,10-11,14-15H,1-2,5-6,9H2/t10-,11-,14-/m0/s1. The Hall–Kier alpha value is -1.02. The fraction of sp³-hybridized carbons (Fsp3) is 0.571. The number of ether oxygens (including phenoxy) is 1. The molecule has 0 saturated heterocycles. The molecule has 1 aromatic rings. The van der Waals surface area contributed by atoms with Crippen molar-refractivity contribution in [2.24, 2.45) is 11.8 Å². The maximum absolute atomic E-state index is 10.5. The normalized spacial score (nSPS) is 33.2. The molecule has 0 radical (unpaired) electrons. The van der Waals surface area contributed by atoms with Crippen molar-refractivity contribution in [1.82, 2.24) is 0 Å². The monoisotopic (exact) mass is 218 g/mol. The van der Waals surface area contributed by atoms with Crippen molar-refractivity contribution < 1.29 is 9.84 Å². The summed E-state index contributed by atoms with van der Waals surface area (Å²) in [5.74, 6) is 1.82. The molecule has 2 aliphatic rings. The van der Waals surface area contributed by atoms with Crippen LogP contribution in [-0.4, -0.2) is 11.7 Å². The van der Waals surface area contributed by atoms with Gasteiger partial charge in [-0.25, -0.2) is 0 Å². The van der Waals surface area contributed by atoms with E-state index in [1.165, 1.54) is 19.3 Å². The van der Waals surface area contributed by atoms with Gasteiger partial charge in [-0.2, -0.15) is 0 Å². The van der Waals surface area contributed by atoms with Gasteiger partial charge in [0.1, 0.15) is 5.75 Å². The Morgan fingerprint density at radius 2 is 1.94 bits per heavy atom. The first kappa shape index (κ1) is 10.2. The van der Waals surface area contributed by atoms with Gasteiger partial charge in [-0.1, -0.05) is 31.0 Å². The summed E-state index contributed by atoms with van der Waals surface area (Å²) >= 11 is 0. The Morgan fingerprint density at radius 3 is 2.88 bits per heavy atom. The van der Waals surface area contributed by atoms with Crippen LogP contribution in [0.3, 0.4) is 0 Å². The lowest BCUT2D eigenvalue weighted by Gasteiger charge is -2.31. The van der Waals surface area contributed by atoms with Gasteiger partial charge in [-0.05, 0) is 30.7 Å². The van der Waals surface area contributed by atoms with Crippen LogP contribution in [0.5, 0.6) is 5.75 Å². The minimum atomic E-state index is -0.330. The van der Waals surface area contributed by atoms with E-state index in [0.717, 1.165) is 24.3 Å². The first-order valence-electron chi connectivity index (χ1n) is 6.26. The predicted molar refractivity (Wildman–Crippen MR) is 62.3 cm³/mol. The predicted octanol–water partition coefficient (Wildman–Crippen LogP) is 2.92. The Balaban J connectivity index is 1.96. The maximum atomic E-state index is 10.5. The maximum Gasteiger partial charge on any atom is 0.125 e. The molecular formula is C14H18O2. The zero-order valence-electron chi connectivity index (χ0n) is 9.43. The highest BCUT2D eigenvalue weighted by Gasteiger charge is 2.35. The quantitative estimate of drug-likeness (QED) is 0.725. The van der Waals surface area contributed by atoms with E-state index in [9.17, 15) is 5.11 Å². The van der Waals surface area contributed by atoms with Crippen LogP contribution in [0.4, 0.5) is 0 Å². The molecule has 0 amide bonds. The summed E-state index contributed by atoms with van der Waals surface area (Å²) < 4.78 is 5.83. The second-order valence-corrected chi connectivity index (χ2v) is 5.00. The highest BCUT2D eigenvalue weighted by atomic mass is 16.5. The second kappa shape index (κ2) is 4.10. The number of fused-ring (bicyclic) bond motifs is 2. The van der Waals surface area contributed by atoms with Crippen LogP contribution in [-0.2, 0) is 0 Å². The molecule has 2 heteroatoms. The van der Waals surface area contributed by atoms with Crippen molar-refractivity contribution >= 4 is 0 Å². The van der Waals surface area contributed by atoms with Crippen molar-refractivity contribution in [3.05, 3.63) is 29.8 Å². The van der Waals surface area contributed by atoms with Crippen LogP contribution < -0.4 is 4.74 Å². The number of hydrogen-bond acceptors (Lipinski definition) is 2. The smallest absolute Gasteiger partial charge is 0.125 e. The van der Waals surface area contributed by atoms with Gasteiger partial charge in [-0.3, -0.25) is 0 Å². The molecule has 1 N–H and O–H groups in total. The summed E-state index contributed by atoms with van der Waals surface area (Å²) in [6.45, 7) is 0.777. The van der Waals surface area contributed by atoms with Crippen LogP contribution in [0.2, 0.25) is 0 Å². The minimum absolute atomic E-state index is 0.330. The fourth-order valence-electron chi connectivity index (χ4n) is 3.14. The van der Waals surface area contributed by atoms with E-state index < -0.39 is 0 Å². The average Bonchev–Trinajstić information content (AvgIpc) is 2.49. The summed E-state index contributed by atoms with van der Waals surface area (Å²) in [4.78, 5) is 0. The Labute approximate surface area is 96.2 Å². The van der Waals surface area contributed by atoms with Gasteiger partial charge in [0, 0.05) is 5.56 Å². The Bertz CT molecular complexity index is 375. The van der Waals surface area contributed by atoms with Gasteiger partial charge in [0.15, 0.2) is 0 Å². The van der Waals surface area contributed by atoms with Gasteiger partial charge in [0.05, 0.1) is 12.7 Å². The van der Waals surface area contributed by atoms with Crippen LogP contribution >= 0.6 is 0 Å². The molecule has 3 atom stereocenters. The molecule has 0 aromatic heterocycles. The zero-order valence-corrected chi connectivity index (χ0v) is 9.43. The largest absolute Gasteiger partial charge is 0.493 e. The molecule has 0 bridgehead atoms. The lowest BCUT2D eigenvalue weighted by Crippen LogP contribution is -2.27. The van der Waals surface area contributed by atoms with Gasteiger partial charge < -0.3 is 9.84 Å². The van der Waals surface area contributed by atoms with Crippen LogP contribution in [0, 0.1) is 11.8 Å². The van der Waals surface area contributed by atoms with E-state index >= 15 is 0 Å². The Morgan fingerprint density at radius 1 is 1.12 bits per heavy atom. The first-order chi connectivity index (χ1) is 7.86. The highest BCUT2D eigenvalue weighted by molar-refractivity contribution is 5.36. The summed E-state index contributed by atoms with van der Waals surface area (Å²) in [5.41, 5.74) is 0.983. The molecule has 1 fully saturated rings. The third kappa shape index (κ3) is 1.61. The molecule has 3 rings (SSSR count). The van der Waals surface area contributed by atoms with Crippen LogP contribution in [0.1, 0.15) is 37.4 Å². The Kier molecular flexibility index (Phi) is 2.60. The van der Waals surface area contributed by atoms with Gasteiger partial charge in [0.2, 0.25) is 0 Å². The summed E-state index contributed by atoms with van der Waals surface area (Å²) in [5, 5.41) is 10.5. The van der Waals surface area contributed by atoms with Crippen molar-refractivity contribution in [1.29, 1.82) is 0 Å². The van der Waals surface area contributed by atoms with E-state index in [2.05, 4.69) is 0 Å². The molecule has 0 spiro atoms. The van der Waals surface area contributed by atoms with Gasteiger partial charge in [0.25, 0.3) is 0 Å². The molecular weight excluding hydrogens is 200 g/mol. The van der Waals surface area contributed by atoms with Gasteiger partial charge in [-0.15, -0.1) is 0 Å². The van der Waals surface area contributed by atoms with Crippen LogP contribution in [0.15, 0.2) is 24.3 Å². The summed E-state index contributed by atoms with van der Waals surface area (Å²) in [6, 6.07) is 7.92. The van der Waals surface area contributed by atoms with Crippen molar-refractivity contribution in [3.8, 4) is 5.75 Å². The molecule has 2 nitrogen and oxygen atoms in total. The third-order valence-electron chi connectivity index (χ3n) is 4.06. The van der Waals surface area contributed by atoms with E-state index in [0.29, 0.717) is 11.8 Å². The molecule has 1 heterocycles. The van der Waals surface area contributed by atoms with E-state index in [4.69, 9.17) is 4.74 Å². The third-order valence-corrected chi connectivity index (χ3v) is 4.06. The highest BCUT2D eigenvalue weighted by Crippen LogP contribution is 2.43.